The van der Waals surface area contributed by atoms with Crippen LogP contribution < -0.4 is 0 Å². The number of nitro benzene ring substituents is 1. The molecule has 3 nitrogen and oxygen atoms in total. The molecule has 2 aromatic carbocycles. The molecule has 0 aliphatic carbocycles. The van der Waals surface area contributed by atoms with Crippen LogP contribution in [-0.2, 0) is 0 Å². The van der Waals surface area contributed by atoms with Crippen LogP contribution in [0.4, 0.5) is 27.6 Å². The van der Waals surface area contributed by atoms with Gasteiger partial charge < -0.3 is 0 Å². The van der Waals surface area contributed by atoms with Crippen molar-refractivity contribution in [1.29, 1.82) is 0 Å². The average molecular weight is 303 g/mol. The maximum Gasteiger partial charge on any atom is 0.277 e. The van der Waals surface area contributed by atoms with E-state index in [4.69, 9.17) is 0 Å². The molecule has 0 aliphatic heterocycles. The quantitative estimate of drug-likeness (QED) is 0.273. The standard InChI is InChI=1S/C13H6F5NO2/c1-5-2-3-6(7(4-5)19(20)21)8-9(14)11(16)13(18)12(17)10(8)15/h2-4H,1H3. The molecular weight excluding hydrogens is 297 g/mol. The molecule has 2 rings (SSSR count). The van der Waals surface area contributed by atoms with Crippen molar-refractivity contribution in [1.82, 2.24) is 0 Å². The van der Waals surface area contributed by atoms with E-state index in [1.54, 1.807) is 0 Å². The van der Waals surface area contributed by atoms with Crippen molar-refractivity contribution in [3.05, 3.63) is 63.0 Å². The second kappa shape index (κ2) is 5.12. The molecule has 0 spiro atoms. The number of rotatable bonds is 2. The Morgan fingerprint density at radius 3 is 1.86 bits per heavy atom. The third-order valence-electron chi connectivity index (χ3n) is 2.83. The molecule has 0 aromatic heterocycles. The number of hydrogen-bond donors (Lipinski definition) is 0. The predicted molar refractivity (Wildman–Crippen MR) is 63.1 cm³/mol. The van der Waals surface area contributed by atoms with Gasteiger partial charge in [-0.25, -0.2) is 22.0 Å². The fourth-order valence-electron chi connectivity index (χ4n) is 1.85. The van der Waals surface area contributed by atoms with Crippen LogP contribution in [0.25, 0.3) is 11.1 Å². The van der Waals surface area contributed by atoms with E-state index >= 15 is 0 Å². The van der Waals surface area contributed by atoms with E-state index < -0.39 is 50.8 Å². The number of benzene rings is 2. The Hall–Kier alpha value is -2.51. The summed E-state index contributed by atoms with van der Waals surface area (Å²) in [6.07, 6.45) is 0. The SMILES string of the molecule is Cc1ccc(-c2c(F)c(F)c(F)c(F)c2F)c([N+](=O)[O-])c1. The molecule has 0 atom stereocenters. The summed E-state index contributed by atoms with van der Waals surface area (Å²) in [7, 11) is 0. The largest absolute Gasteiger partial charge is 0.277 e. The maximum absolute atomic E-state index is 13.7. The van der Waals surface area contributed by atoms with Gasteiger partial charge in [-0.15, -0.1) is 0 Å². The molecule has 110 valence electrons. The zero-order valence-electron chi connectivity index (χ0n) is 10.4. The van der Waals surface area contributed by atoms with E-state index in [0.717, 1.165) is 12.1 Å². The summed E-state index contributed by atoms with van der Waals surface area (Å²) in [5.41, 5.74) is -2.36. The number of aryl methyl sites for hydroxylation is 1. The highest BCUT2D eigenvalue weighted by atomic mass is 19.2. The first-order valence-corrected chi connectivity index (χ1v) is 5.52. The number of nitrogens with zero attached hydrogens (tertiary/aromatic N) is 1. The van der Waals surface area contributed by atoms with Gasteiger partial charge in [-0.1, -0.05) is 6.07 Å². The van der Waals surface area contributed by atoms with Gasteiger partial charge in [0, 0.05) is 6.07 Å². The first-order valence-electron chi connectivity index (χ1n) is 5.52. The minimum atomic E-state index is -2.32. The maximum atomic E-state index is 13.7. The van der Waals surface area contributed by atoms with E-state index in [1.807, 2.05) is 0 Å². The van der Waals surface area contributed by atoms with Gasteiger partial charge in [0.15, 0.2) is 23.3 Å². The van der Waals surface area contributed by atoms with Gasteiger partial charge in [-0.05, 0) is 18.6 Å². The van der Waals surface area contributed by atoms with Crippen LogP contribution in [-0.4, -0.2) is 4.92 Å². The molecule has 0 bridgehead atoms. The van der Waals surface area contributed by atoms with Gasteiger partial charge in [-0.2, -0.15) is 0 Å². The molecule has 0 saturated heterocycles. The van der Waals surface area contributed by atoms with E-state index in [2.05, 4.69) is 0 Å². The Morgan fingerprint density at radius 2 is 1.38 bits per heavy atom. The van der Waals surface area contributed by atoms with E-state index in [0.29, 0.717) is 5.56 Å². The topological polar surface area (TPSA) is 43.1 Å². The molecule has 21 heavy (non-hydrogen) atoms. The van der Waals surface area contributed by atoms with Gasteiger partial charge in [0.2, 0.25) is 5.82 Å². The van der Waals surface area contributed by atoms with Crippen LogP contribution in [0.15, 0.2) is 18.2 Å². The molecule has 0 aliphatic rings. The summed E-state index contributed by atoms with van der Waals surface area (Å²) in [5, 5.41) is 10.9. The van der Waals surface area contributed by atoms with Crippen LogP contribution >= 0.6 is 0 Å². The highest BCUT2D eigenvalue weighted by molar-refractivity contribution is 5.75. The Bertz CT molecular complexity index is 732. The highest BCUT2D eigenvalue weighted by Crippen LogP contribution is 2.37. The van der Waals surface area contributed by atoms with Gasteiger partial charge >= 0.3 is 0 Å². The molecule has 8 heteroatoms. The number of halogens is 5. The summed E-state index contributed by atoms with van der Waals surface area (Å²) in [4.78, 5) is 9.95. The van der Waals surface area contributed by atoms with Crippen molar-refractivity contribution in [2.75, 3.05) is 0 Å². The van der Waals surface area contributed by atoms with Crippen LogP contribution in [0.2, 0.25) is 0 Å². The number of hydrogen-bond acceptors (Lipinski definition) is 2. The monoisotopic (exact) mass is 303 g/mol. The summed E-state index contributed by atoms with van der Waals surface area (Å²) < 4.78 is 66.7. The van der Waals surface area contributed by atoms with Crippen LogP contribution in [0, 0.1) is 46.1 Å². The normalized spacial score (nSPS) is 10.8. The molecular formula is C13H6F5NO2. The Labute approximate surface area is 114 Å². The summed E-state index contributed by atoms with van der Waals surface area (Å²) in [6.45, 7) is 1.48. The molecule has 0 saturated carbocycles. The Balaban J connectivity index is 2.89. The Kier molecular flexibility index (Phi) is 3.63. The molecule has 0 N–H and O–H groups in total. The van der Waals surface area contributed by atoms with Crippen molar-refractivity contribution in [2.24, 2.45) is 0 Å². The van der Waals surface area contributed by atoms with Crippen molar-refractivity contribution in [3.8, 4) is 11.1 Å². The first-order chi connectivity index (χ1) is 9.75. The lowest BCUT2D eigenvalue weighted by atomic mass is 10.00. The second-order valence-corrected chi connectivity index (χ2v) is 4.22. The van der Waals surface area contributed by atoms with E-state index in [9.17, 15) is 32.1 Å². The number of nitro groups is 1. The summed E-state index contributed by atoms with van der Waals surface area (Å²) in [6, 6.07) is 3.18. The molecule has 0 fully saturated rings. The second-order valence-electron chi connectivity index (χ2n) is 4.22. The molecule has 0 unspecified atom stereocenters. The third kappa shape index (κ3) is 2.32. The lowest BCUT2D eigenvalue weighted by Gasteiger charge is -2.09. The van der Waals surface area contributed by atoms with Crippen LogP contribution in [0.5, 0.6) is 0 Å². The van der Waals surface area contributed by atoms with Crippen molar-refractivity contribution < 1.29 is 26.9 Å². The van der Waals surface area contributed by atoms with Crippen molar-refractivity contribution in [2.45, 2.75) is 6.92 Å². The van der Waals surface area contributed by atoms with E-state index in [-0.39, 0.29) is 0 Å². The molecule has 2 aromatic rings. The molecule has 0 radical (unpaired) electrons. The van der Waals surface area contributed by atoms with Crippen LogP contribution in [0.3, 0.4) is 0 Å². The van der Waals surface area contributed by atoms with Gasteiger partial charge in [0.05, 0.1) is 16.1 Å². The summed E-state index contributed by atoms with van der Waals surface area (Å²) >= 11 is 0. The Morgan fingerprint density at radius 1 is 0.905 bits per heavy atom. The zero-order chi connectivity index (χ0) is 15.9. The van der Waals surface area contributed by atoms with Crippen molar-refractivity contribution >= 4 is 5.69 Å². The van der Waals surface area contributed by atoms with Gasteiger partial charge in [0.1, 0.15) is 0 Å². The fourth-order valence-corrected chi connectivity index (χ4v) is 1.85. The third-order valence-corrected chi connectivity index (χ3v) is 2.83. The lowest BCUT2D eigenvalue weighted by molar-refractivity contribution is -0.384. The van der Waals surface area contributed by atoms with Crippen LogP contribution in [0.1, 0.15) is 5.56 Å². The molecule has 0 heterocycles. The van der Waals surface area contributed by atoms with Gasteiger partial charge in [0.25, 0.3) is 5.69 Å². The smallest absolute Gasteiger partial charge is 0.258 e. The van der Waals surface area contributed by atoms with E-state index in [1.165, 1.54) is 13.0 Å². The van der Waals surface area contributed by atoms with Crippen molar-refractivity contribution in [3.63, 3.8) is 0 Å². The first kappa shape index (κ1) is 14.9. The average Bonchev–Trinajstić information content (AvgIpc) is 2.44. The fraction of sp³-hybridized carbons (Fsp3) is 0.0769. The van der Waals surface area contributed by atoms with Gasteiger partial charge in [-0.3, -0.25) is 10.1 Å². The highest BCUT2D eigenvalue weighted by Gasteiger charge is 2.30. The minimum Gasteiger partial charge on any atom is -0.258 e. The summed E-state index contributed by atoms with van der Waals surface area (Å²) in [5.74, 6) is -10.8. The predicted octanol–water partition coefficient (Wildman–Crippen LogP) is 4.27. The minimum absolute atomic E-state index is 0.398. The molecule has 0 amide bonds. The lowest BCUT2D eigenvalue weighted by Crippen LogP contribution is -2.05. The zero-order valence-corrected chi connectivity index (χ0v) is 10.4.